The van der Waals surface area contributed by atoms with Crippen LogP contribution in [0.4, 0.5) is 0 Å². The van der Waals surface area contributed by atoms with E-state index in [9.17, 15) is 19.8 Å². The van der Waals surface area contributed by atoms with Crippen molar-refractivity contribution in [3.8, 4) is 0 Å². The van der Waals surface area contributed by atoms with E-state index in [1.807, 2.05) is 0 Å². The number of hydrogen-bond acceptors (Lipinski definition) is 4. The van der Waals surface area contributed by atoms with Crippen molar-refractivity contribution in [1.29, 1.82) is 0 Å². The topological polar surface area (TPSA) is 101 Å². The van der Waals surface area contributed by atoms with Crippen molar-refractivity contribution < 1.29 is 19.8 Å². The van der Waals surface area contributed by atoms with Crippen molar-refractivity contribution in [2.75, 3.05) is 0 Å². The van der Waals surface area contributed by atoms with Crippen LogP contribution in [0.2, 0.25) is 0 Å². The predicted molar refractivity (Wildman–Crippen MR) is 59.7 cm³/mol. The van der Waals surface area contributed by atoms with Crippen LogP contribution in [-0.4, -0.2) is 28.5 Å². The maximum Gasteiger partial charge on any atom is 0.249 e. The van der Waals surface area contributed by atoms with E-state index in [2.05, 4.69) is 15.9 Å². The summed E-state index contributed by atoms with van der Waals surface area (Å²) >= 11 is 3.14. The van der Waals surface area contributed by atoms with Gasteiger partial charge in [0.1, 0.15) is 12.4 Å². The van der Waals surface area contributed by atoms with E-state index in [-0.39, 0.29) is 5.56 Å². The normalized spacial score (nSPS) is 14.2. The first kappa shape index (κ1) is 12.8. The summed E-state index contributed by atoms with van der Waals surface area (Å²) in [6.45, 7) is 0. The highest BCUT2D eigenvalue weighted by Gasteiger charge is 2.23. The molecule has 0 aliphatic rings. The van der Waals surface area contributed by atoms with Gasteiger partial charge in [-0.1, -0.05) is 15.9 Å². The van der Waals surface area contributed by atoms with Gasteiger partial charge in [0.2, 0.25) is 5.91 Å². The number of aliphatic hydroxyl groups is 2. The molecule has 0 spiro atoms. The summed E-state index contributed by atoms with van der Waals surface area (Å²) in [5, 5.41) is 18.9. The Morgan fingerprint density at radius 2 is 2.00 bits per heavy atom. The van der Waals surface area contributed by atoms with Gasteiger partial charge in [-0.3, -0.25) is 9.59 Å². The van der Waals surface area contributed by atoms with Gasteiger partial charge < -0.3 is 15.9 Å². The summed E-state index contributed by atoms with van der Waals surface area (Å²) < 4.78 is 0.558. The van der Waals surface area contributed by atoms with Gasteiger partial charge in [-0.15, -0.1) is 0 Å². The molecule has 0 bridgehead atoms. The smallest absolute Gasteiger partial charge is 0.249 e. The molecule has 0 saturated heterocycles. The monoisotopic (exact) mass is 287 g/mol. The molecule has 1 aromatic rings. The number of carbonyl (C=O) groups excluding carboxylic acids is 2. The van der Waals surface area contributed by atoms with E-state index in [1.54, 1.807) is 6.07 Å². The fourth-order valence-corrected chi connectivity index (χ4v) is 1.74. The fraction of sp³-hybridized carbons (Fsp3) is 0.200. The molecule has 0 radical (unpaired) electrons. The molecule has 16 heavy (non-hydrogen) atoms. The summed E-state index contributed by atoms with van der Waals surface area (Å²) in [6.07, 6.45) is -2.56. The number of hydrogen-bond donors (Lipinski definition) is 3. The Morgan fingerprint density at radius 1 is 1.38 bits per heavy atom. The molecule has 4 N–H and O–H groups in total. The van der Waals surface area contributed by atoms with Gasteiger partial charge >= 0.3 is 0 Å². The summed E-state index contributed by atoms with van der Waals surface area (Å²) in [5.41, 5.74) is 5.41. The van der Waals surface area contributed by atoms with Gasteiger partial charge in [0.25, 0.3) is 0 Å². The zero-order valence-corrected chi connectivity index (χ0v) is 9.72. The average molecular weight is 288 g/mol. The van der Waals surface area contributed by atoms with Crippen LogP contribution >= 0.6 is 15.9 Å². The van der Waals surface area contributed by atoms with E-state index in [4.69, 9.17) is 5.73 Å². The Hall–Kier alpha value is -1.24. The number of halogens is 1. The lowest BCUT2D eigenvalue weighted by molar-refractivity contribution is -0.131. The van der Waals surface area contributed by atoms with Crippen LogP contribution in [0.15, 0.2) is 22.7 Å². The third-order valence-corrected chi connectivity index (χ3v) is 2.47. The number of nitrogens with two attached hydrogens (primary N) is 1. The minimum absolute atomic E-state index is 0.239. The molecule has 0 aromatic heterocycles. The maximum absolute atomic E-state index is 10.7. The first-order chi connectivity index (χ1) is 7.45. The highest BCUT2D eigenvalue weighted by Crippen LogP contribution is 2.22. The zero-order chi connectivity index (χ0) is 12.3. The molecule has 5 nitrogen and oxygen atoms in total. The number of aliphatic hydroxyl groups excluding tert-OH is 2. The minimum atomic E-state index is -1.70. The molecule has 6 heteroatoms. The van der Waals surface area contributed by atoms with Gasteiger partial charge in [0.15, 0.2) is 6.10 Å². The van der Waals surface area contributed by atoms with Gasteiger partial charge in [0, 0.05) is 10.0 Å². The summed E-state index contributed by atoms with van der Waals surface area (Å²) in [7, 11) is 0. The molecule has 0 aliphatic carbocycles. The Kier molecular flexibility index (Phi) is 4.17. The summed E-state index contributed by atoms with van der Waals surface area (Å²) in [5.74, 6) is -1.03. The van der Waals surface area contributed by atoms with E-state index >= 15 is 0 Å². The van der Waals surface area contributed by atoms with Crippen LogP contribution < -0.4 is 5.73 Å². The number of primary amides is 1. The van der Waals surface area contributed by atoms with Gasteiger partial charge in [-0.05, 0) is 23.8 Å². The lowest BCUT2D eigenvalue weighted by Gasteiger charge is -2.15. The number of aldehydes is 1. The average Bonchev–Trinajstić information content (AvgIpc) is 2.25. The van der Waals surface area contributed by atoms with Crippen LogP contribution in [0.25, 0.3) is 0 Å². The van der Waals surface area contributed by atoms with Crippen LogP contribution in [0, 0.1) is 0 Å². The van der Waals surface area contributed by atoms with Gasteiger partial charge in [-0.2, -0.15) is 0 Å². The zero-order valence-electron chi connectivity index (χ0n) is 8.13. The number of amides is 1. The van der Waals surface area contributed by atoms with Crippen molar-refractivity contribution in [2.45, 2.75) is 12.2 Å². The first-order valence-corrected chi connectivity index (χ1v) is 5.16. The summed E-state index contributed by atoms with van der Waals surface area (Å²) in [6, 6.07) is 4.40. The van der Waals surface area contributed by atoms with Gasteiger partial charge in [-0.25, -0.2) is 0 Å². The molecule has 1 amide bonds. The third-order valence-electron chi connectivity index (χ3n) is 2.01. The van der Waals surface area contributed by atoms with Crippen molar-refractivity contribution >= 4 is 28.1 Å². The summed E-state index contributed by atoms with van der Waals surface area (Å²) in [4.78, 5) is 21.3. The highest BCUT2D eigenvalue weighted by molar-refractivity contribution is 9.10. The van der Waals surface area contributed by atoms with E-state index < -0.39 is 18.1 Å². The molecule has 0 fully saturated rings. The van der Waals surface area contributed by atoms with E-state index in [0.717, 1.165) is 0 Å². The quantitative estimate of drug-likeness (QED) is 0.686. The molecule has 1 rings (SSSR count). The first-order valence-electron chi connectivity index (χ1n) is 4.37. The number of rotatable bonds is 4. The van der Waals surface area contributed by atoms with Crippen molar-refractivity contribution in [3.05, 3.63) is 33.8 Å². The second kappa shape index (κ2) is 5.20. The van der Waals surface area contributed by atoms with E-state index in [1.165, 1.54) is 12.1 Å². The Bertz CT molecular complexity index is 421. The molecule has 0 aliphatic heterocycles. The highest BCUT2D eigenvalue weighted by atomic mass is 79.9. The lowest BCUT2D eigenvalue weighted by Crippen LogP contribution is -2.33. The van der Waals surface area contributed by atoms with Crippen LogP contribution in [0.3, 0.4) is 0 Å². The fourth-order valence-electron chi connectivity index (χ4n) is 1.21. The Balaban J connectivity index is 3.07. The molecule has 0 saturated carbocycles. The molecular weight excluding hydrogens is 278 g/mol. The Labute approximate surface area is 100 Å². The SMILES string of the molecule is NC(=O)C(O)C(O)c1cc(Br)cc(C=O)c1. The van der Waals surface area contributed by atoms with Crippen LogP contribution in [0.1, 0.15) is 22.0 Å². The lowest BCUT2D eigenvalue weighted by atomic mass is 10.0. The largest absolute Gasteiger partial charge is 0.385 e. The van der Waals surface area contributed by atoms with Crippen molar-refractivity contribution in [1.82, 2.24) is 0 Å². The van der Waals surface area contributed by atoms with Crippen molar-refractivity contribution in [2.24, 2.45) is 5.73 Å². The third kappa shape index (κ3) is 2.88. The molecule has 2 unspecified atom stereocenters. The molecule has 86 valence electrons. The number of benzene rings is 1. The Morgan fingerprint density at radius 3 is 2.50 bits per heavy atom. The molecule has 0 heterocycles. The van der Waals surface area contributed by atoms with Crippen LogP contribution in [0.5, 0.6) is 0 Å². The predicted octanol–water partition coefficient (Wildman–Crippen LogP) is 0.141. The van der Waals surface area contributed by atoms with Crippen molar-refractivity contribution in [3.63, 3.8) is 0 Å². The van der Waals surface area contributed by atoms with E-state index in [0.29, 0.717) is 16.3 Å². The number of carbonyl (C=O) groups is 2. The molecule has 1 aromatic carbocycles. The standard InChI is InChI=1S/C10H10BrNO4/c11-7-2-5(4-13)1-6(3-7)8(14)9(15)10(12)16/h1-4,8-9,14-15H,(H2,12,16). The second-order valence-corrected chi connectivity index (χ2v) is 4.14. The molecular formula is C10H10BrNO4. The minimum Gasteiger partial charge on any atom is -0.385 e. The van der Waals surface area contributed by atoms with Crippen LogP contribution in [-0.2, 0) is 4.79 Å². The van der Waals surface area contributed by atoms with Gasteiger partial charge in [0.05, 0.1) is 0 Å². The molecule has 2 atom stereocenters. The maximum atomic E-state index is 10.7. The second-order valence-electron chi connectivity index (χ2n) is 3.23.